The Kier molecular flexibility index (Phi) is 11.2. The molecule has 0 bridgehead atoms. The predicted octanol–water partition coefficient (Wildman–Crippen LogP) is 4.21. The first kappa shape index (κ1) is 30.8. The molecule has 2 aromatic carbocycles. The molecule has 4 N–H and O–H groups in total. The molecule has 214 valence electrons. The molecule has 0 aliphatic heterocycles. The Morgan fingerprint density at radius 1 is 0.875 bits per heavy atom. The molecule has 1 heterocycles. The number of nitrogens with one attached hydrogen (secondary N) is 3. The van der Waals surface area contributed by atoms with E-state index in [1.807, 2.05) is 88.4 Å². The first-order valence-electron chi connectivity index (χ1n) is 14.0. The van der Waals surface area contributed by atoms with Crippen LogP contribution in [0, 0.1) is 11.8 Å². The monoisotopic (exact) mass is 546 g/mol. The number of ketones is 1. The van der Waals surface area contributed by atoms with Gasteiger partial charge in [0.2, 0.25) is 11.8 Å². The number of amides is 2. The Balaban J connectivity index is 1.89. The highest BCUT2D eigenvalue weighted by Gasteiger charge is 2.31. The molecular weight excluding hydrogens is 504 g/mol. The van der Waals surface area contributed by atoms with Gasteiger partial charge in [-0.15, -0.1) is 0 Å². The van der Waals surface area contributed by atoms with E-state index in [-0.39, 0.29) is 35.4 Å². The van der Waals surface area contributed by atoms with Crippen LogP contribution in [0.25, 0.3) is 0 Å². The molecule has 0 spiro atoms. The Morgan fingerprint density at radius 3 is 1.98 bits per heavy atom. The number of Topliss-reactive ketones (excluding diaryl/α,β-unsaturated/α-hetero) is 1. The highest BCUT2D eigenvalue weighted by Crippen LogP contribution is 2.26. The maximum absolute atomic E-state index is 13.3. The number of rotatable bonds is 14. The van der Waals surface area contributed by atoms with E-state index in [1.165, 1.54) is 6.92 Å². The standard InChI is InChI=1S/C32H42N4O4/c1-20(2)29(34-22(5)37)32(40)36-26(17-24-14-10-7-11-15-24)28(38)18-25(16-23-12-8-6-9-13-23)31-33-19-27(35-31)30(39)21(3)4/h6-15,19-21,25-26,28-29,38H,16-18H2,1-5H3,(H,33,35)(H,34,37)(H,36,40)/t25-,26+,28+,29+/m1/s1. The van der Waals surface area contributed by atoms with Crippen molar-refractivity contribution in [2.45, 2.75) is 78.0 Å². The quantitative estimate of drug-likeness (QED) is 0.226. The molecule has 0 saturated carbocycles. The number of aromatic nitrogens is 2. The number of carbonyl (C=O) groups is 3. The summed E-state index contributed by atoms with van der Waals surface area (Å²) in [6.45, 7) is 8.80. The maximum Gasteiger partial charge on any atom is 0.243 e. The predicted molar refractivity (Wildman–Crippen MR) is 156 cm³/mol. The van der Waals surface area contributed by atoms with Gasteiger partial charge in [0.15, 0.2) is 5.78 Å². The van der Waals surface area contributed by atoms with Gasteiger partial charge in [0.25, 0.3) is 0 Å². The molecule has 0 aliphatic rings. The Labute approximate surface area is 237 Å². The molecular formula is C32H42N4O4. The average molecular weight is 547 g/mol. The van der Waals surface area contributed by atoms with Gasteiger partial charge >= 0.3 is 0 Å². The van der Waals surface area contributed by atoms with Crippen LogP contribution in [0.3, 0.4) is 0 Å². The Morgan fingerprint density at radius 2 is 1.45 bits per heavy atom. The molecule has 1 aromatic heterocycles. The van der Waals surface area contributed by atoms with Crippen molar-refractivity contribution in [2.75, 3.05) is 0 Å². The fourth-order valence-corrected chi connectivity index (χ4v) is 4.80. The second-order valence-corrected chi connectivity index (χ2v) is 11.1. The molecule has 0 saturated heterocycles. The van der Waals surface area contributed by atoms with Gasteiger partial charge in [0.05, 0.1) is 18.3 Å². The highest BCUT2D eigenvalue weighted by atomic mass is 16.3. The zero-order chi connectivity index (χ0) is 29.2. The lowest BCUT2D eigenvalue weighted by molar-refractivity contribution is -0.130. The summed E-state index contributed by atoms with van der Waals surface area (Å²) in [5, 5.41) is 17.4. The summed E-state index contributed by atoms with van der Waals surface area (Å²) < 4.78 is 0. The Bertz CT molecular complexity index is 1240. The minimum atomic E-state index is -0.933. The van der Waals surface area contributed by atoms with Crippen molar-refractivity contribution in [1.82, 2.24) is 20.6 Å². The van der Waals surface area contributed by atoms with Gasteiger partial charge in [-0.05, 0) is 36.3 Å². The van der Waals surface area contributed by atoms with Crippen molar-refractivity contribution >= 4 is 17.6 Å². The minimum absolute atomic E-state index is 0.0234. The first-order valence-corrected chi connectivity index (χ1v) is 14.0. The lowest BCUT2D eigenvalue weighted by Gasteiger charge is -2.30. The summed E-state index contributed by atoms with van der Waals surface area (Å²) in [6, 6.07) is 18.2. The van der Waals surface area contributed by atoms with Crippen LogP contribution < -0.4 is 10.6 Å². The lowest BCUT2D eigenvalue weighted by atomic mass is 9.88. The number of benzene rings is 2. The topological polar surface area (TPSA) is 124 Å². The molecule has 0 unspecified atom stereocenters. The summed E-state index contributed by atoms with van der Waals surface area (Å²) in [5.74, 6) is -0.579. The van der Waals surface area contributed by atoms with Crippen LogP contribution in [0.2, 0.25) is 0 Å². The van der Waals surface area contributed by atoms with E-state index in [0.717, 1.165) is 11.1 Å². The first-order chi connectivity index (χ1) is 19.0. The van der Waals surface area contributed by atoms with Crippen molar-refractivity contribution in [2.24, 2.45) is 11.8 Å². The fourth-order valence-electron chi connectivity index (χ4n) is 4.80. The van der Waals surface area contributed by atoms with Crippen LogP contribution in [0.15, 0.2) is 66.9 Å². The second kappa shape index (κ2) is 14.6. The number of hydrogen-bond donors (Lipinski definition) is 4. The minimum Gasteiger partial charge on any atom is -0.391 e. The van der Waals surface area contributed by atoms with E-state index >= 15 is 0 Å². The zero-order valence-electron chi connectivity index (χ0n) is 24.1. The molecule has 4 atom stereocenters. The van der Waals surface area contributed by atoms with E-state index < -0.39 is 18.2 Å². The van der Waals surface area contributed by atoms with Crippen molar-refractivity contribution in [3.8, 4) is 0 Å². The van der Waals surface area contributed by atoms with Crippen LogP contribution >= 0.6 is 0 Å². The third-order valence-electron chi connectivity index (χ3n) is 7.02. The molecule has 0 fully saturated rings. The zero-order valence-corrected chi connectivity index (χ0v) is 24.1. The van der Waals surface area contributed by atoms with Gasteiger partial charge < -0.3 is 20.7 Å². The summed E-state index contributed by atoms with van der Waals surface area (Å²) in [7, 11) is 0. The molecule has 2 amide bonds. The molecule has 3 aromatic rings. The van der Waals surface area contributed by atoms with Crippen LogP contribution in [0.1, 0.15) is 74.4 Å². The number of carbonyl (C=O) groups excluding carboxylic acids is 3. The van der Waals surface area contributed by atoms with Gasteiger partial charge in [-0.1, -0.05) is 88.4 Å². The van der Waals surface area contributed by atoms with Gasteiger partial charge in [0.1, 0.15) is 17.6 Å². The third-order valence-corrected chi connectivity index (χ3v) is 7.02. The normalized spacial score (nSPS) is 14.4. The third kappa shape index (κ3) is 8.88. The van der Waals surface area contributed by atoms with E-state index in [4.69, 9.17) is 0 Å². The molecule has 8 heteroatoms. The van der Waals surface area contributed by atoms with Gasteiger partial charge in [-0.25, -0.2) is 4.98 Å². The average Bonchev–Trinajstić information content (AvgIpc) is 3.41. The number of aliphatic hydroxyl groups excluding tert-OH is 1. The Hall–Kier alpha value is -3.78. The molecule has 3 rings (SSSR count). The smallest absolute Gasteiger partial charge is 0.243 e. The van der Waals surface area contributed by atoms with Crippen LogP contribution in [0.4, 0.5) is 0 Å². The van der Waals surface area contributed by atoms with Gasteiger partial charge in [0, 0.05) is 18.8 Å². The fraction of sp³-hybridized carbons (Fsp3) is 0.438. The second-order valence-electron chi connectivity index (χ2n) is 11.1. The molecule has 8 nitrogen and oxygen atoms in total. The molecule has 0 radical (unpaired) electrons. The van der Waals surface area contributed by atoms with Crippen molar-refractivity contribution in [1.29, 1.82) is 0 Å². The van der Waals surface area contributed by atoms with Gasteiger partial charge in [-0.3, -0.25) is 14.4 Å². The van der Waals surface area contributed by atoms with Gasteiger partial charge in [-0.2, -0.15) is 0 Å². The highest BCUT2D eigenvalue weighted by molar-refractivity contribution is 5.95. The number of imidazole rings is 1. The summed E-state index contributed by atoms with van der Waals surface area (Å²) in [4.78, 5) is 45.4. The largest absolute Gasteiger partial charge is 0.391 e. The number of aromatic amines is 1. The summed E-state index contributed by atoms with van der Waals surface area (Å²) in [5.41, 5.74) is 2.48. The van der Waals surface area contributed by atoms with Crippen LogP contribution in [-0.2, 0) is 22.4 Å². The van der Waals surface area contributed by atoms with E-state index in [2.05, 4.69) is 20.6 Å². The van der Waals surface area contributed by atoms with E-state index in [1.54, 1.807) is 6.20 Å². The van der Waals surface area contributed by atoms with Crippen molar-refractivity contribution in [3.63, 3.8) is 0 Å². The number of nitrogens with zero attached hydrogens (tertiary/aromatic N) is 1. The maximum atomic E-state index is 13.3. The molecule has 0 aliphatic carbocycles. The van der Waals surface area contributed by atoms with Crippen LogP contribution in [-0.4, -0.2) is 50.9 Å². The number of aliphatic hydroxyl groups is 1. The summed E-state index contributed by atoms with van der Waals surface area (Å²) >= 11 is 0. The number of H-pyrrole nitrogens is 1. The van der Waals surface area contributed by atoms with Crippen molar-refractivity contribution in [3.05, 3.63) is 89.5 Å². The summed E-state index contributed by atoms with van der Waals surface area (Å²) in [6.07, 6.45) is 1.92. The van der Waals surface area contributed by atoms with Crippen molar-refractivity contribution < 1.29 is 19.5 Å². The number of hydrogen-bond acceptors (Lipinski definition) is 5. The molecule has 40 heavy (non-hydrogen) atoms. The lowest BCUT2D eigenvalue weighted by Crippen LogP contribution is -2.54. The SMILES string of the molecule is CC(=O)N[C@H](C(=O)N[C@@H](Cc1ccccc1)[C@@H](O)C[C@@H](Cc1ccccc1)c1ncc(C(=O)C(C)C)[nH]1)C(C)C. The van der Waals surface area contributed by atoms with E-state index in [9.17, 15) is 19.5 Å². The van der Waals surface area contributed by atoms with E-state index in [0.29, 0.717) is 30.8 Å². The van der Waals surface area contributed by atoms with Crippen LogP contribution in [0.5, 0.6) is 0 Å².